The predicted molar refractivity (Wildman–Crippen MR) is 71.3 cm³/mol. The van der Waals surface area contributed by atoms with Crippen molar-refractivity contribution in [3.05, 3.63) is 47.1 Å². The third kappa shape index (κ3) is 2.21. The molecule has 0 saturated carbocycles. The lowest BCUT2D eigenvalue weighted by Gasteiger charge is -2.19. The second-order valence-electron chi connectivity index (χ2n) is 4.71. The molecule has 0 amide bonds. The molecule has 1 unspecified atom stereocenters. The Kier molecular flexibility index (Phi) is 3.82. The van der Waals surface area contributed by atoms with Crippen LogP contribution in [0.5, 0.6) is 0 Å². The lowest BCUT2D eigenvalue weighted by Crippen LogP contribution is -2.05. The van der Waals surface area contributed by atoms with Crippen molar-refractivity contribution in [2.24, 2.45) is 5.92 Å². The van der Waals surface area contributed by atoms with Crippen LogP contribution in [-0.2, 0) is 0 Å². The Hall–Kier alpha value is -1.04. The van der Waals surface area contributed by atoms with E-state index < -0.39 is 0 Å². The van der Waals surface area contributed by atoms with Gasteiger partial charge < -0.3 is 0 Å². The molecule has 0 aromatic carbocycles. The van der Waals surface area contributed by atoms with Gasteiger partial charge in [-0.3, -0.25) is 0 Å². The third-order valence-electron chi connectivity index (χ3n) is 3.62. The van der Waals surface area contributed by atoms with Gasteiger partial charge in [0.2, 0.25) is 0 Å². The van der Waals surface area contributed by atoms with Gasteiger partial charge in [-0.15, -0.1) is 0 Å². The van der Waals surface area contributed by atoms with Crippen LogP contribution in [0.3, 0.4) is 0 Å². The van der Waals surface area contributed by atoms with Crippen LogP contribution in [0, 0.1) is 5.92 Å². The van der Waals surface area contributed by atoms with E-state index in [1.54, 1.807) is 16.7 Å². The summed E-state index contributed by atoms with van der Waals surface area (Å²) in [6.07, 6.45) is 17.7. The summed E-state index contributed by atoms with van der Waals surface area (Å²) in [5.41, 5.74) is 4.84. The van der Waals surface area contributed by atoms with Crippen LogP contribution in [0.25, 0.3) is 0 Å². The molecule has 0 fully saturated rings. The zero-order valence-corrected chi connectivity index (χ0v) is 10.5. The molecule has 0 heteroatoms. The van der Waals surface area contributed by atoms with Gasteiger partial charge in [0.15, 0.2) is 0 Å². The Bertz CT molecular complexity index is 363. The van der Waals surface area contributed by atoms with E-state index in [-0.39, 0.29) is 0 Å². The van der Waals surface area contributed by atoms with Gasteiger partial charge >= 0.3 is 0 Å². The number of hydrogen-bond acceptors (Lipinski definition) is 0. The van der Waals surface area contributed by atoms with E-state index in [1.807, 2.05) is 0 Å². The highest BCUT2D eigenvalue weighted by Gasteiger charge is 2.20. The lowest BCUT2D eigenvalue weighted by molar-refractivity contribution is 0.677. The quantitative estimate of drug-likeness (QED) is 0.607. The fourth-order valence-corrected chi connectivity index (χ4v) is 2.86. The van der Waals surface area contributed by atoms with Gasteiger partial charge in [-0.25, -0.2) is 0 Å². The van der Waals surface area contributed by atoms with E-state index in [0.717, 1.165) is 6.42 Å². The molecule has 2 aliphatic rings. The summed E-state index contributed by atoms with van der Waals surface area (Å²) in [6.45, 7) is 4.58. The predicted octanol–water partition coefficient (Wildman–Crippen LogP) is 4.96. The maximum absolute atomic E-state index is 2.39. The minimum atomic E-state index is 0.676. The van der Waals surface area contributed by atoms with Gasteiger partial charge in [0.05, 0.1) is 0 Å². The van der Waals surface area contributed by atoms with Crippen LogP contribution >= 0.6 is 0 Å². The Morgan fingerprint density at radius 2 is 2.06 bits per heavy atom. The first kappa shape index (κ1) is 11.4. The molecule has 2 aliphatic carbocycles. The Morgan fingerprint density at radius 1 is 1.19 bits per heavy atom. The SMILES string of the molecule is CCCC1=C(C(CC)C2=CCC=C2)CC=C1. The zero-order valence-electron chi connectivity index (χ0n) is 10.5. The normalized spacial score (nSPS) is 20.8. The largest absolute Gasteiger partial charge is 0.0804 e. The van der Waals surface area contributed by atoms with Crippen LogP contribution in [0.1, 0.15) is 46.0 Å². The zero-order chi connectivity index (χ0) is 11.4. The molecule has 1 atom stereocenters. The van der Waals surface area contributed by atoms with Crippen molar-refractivity contribution >= 4 is 0 Å². The molecule has 16 heavy (non-hydrogen) atoms. The van der Waals surface area contributed by atoms with Crippen LogP contribution in [0.15, 0.2) is 47.1 Å². The summed E-state index contributed by atoms with van der Waals surface area (Å²) in [5.74, 6) is 0.676. The molecule has 0 nitrogen and oxygen atoms in total. The molecule has 86 valence electrons. The fourth-order valence-electron chi connectivity index (χ4n) is 2.86. The monoisotopic (exact) mass is 214 g/mol. The van der Waals surface area contributed by atoms with E-state index >= 15 is 0 Å². The first-order valence-electron chi connectivity index (χ1n) is 6.61. The lowest BCUT2D eigenvalue weighted by atomic mass is 9.85. The molecule has 0 spiro atoms. The summed E-state index contributed by atoms with van der Waals surface area (Å²) in [7, 11) is 0. The molecule has 0 aromatic heterocycles. The molecule has 2 rings (SSSR count). The Balaban J connectivity index is 2.21. The molecular weight excluding hydrogens is 192 g/mol. The summed E-state index contributed by atoms with van der Waals surface area (Å²) in [5, 5.41) is 0. The third-order valence-corrected chi connectivity index (χ3v) is 3.62. The van der Waals surface area contributed by atoms with Crippen molar-refractivity contribution in [2.45, 2.75) is 46.0 Å². The Morgan fingerprint density at radius 3 is 2.69 bits per heavy atom. The van der Waals surface area contributed by atoms with Crippen molar-refractivity contribution in [1.82, 2.24) is 0 Å². The van der Waals surface area contributed by atoms with E-state index in [9.17, 15) is 0 Å². The second-order valence-corrected chi connectivity index (χ2v) is 4.71. The number of rotatable bonds is 5. The number of hydrogen-bond donors (Lipinski definition) is 0. The standard InChI is InChI=1S/C16H22/c1-3-8-13-11-7-12-16(13)15(4-2)14-9-5-6-10-14/h5,7,9-11,15H,3-4,6,8,12H2,1-2H3. The summed E-state index contributed by atoms with van der Waals surface area (Å²) in [6, 6.07) is 0. The average Bonchev–Trinajstić information content (AvgIpc) is 2.92. The highest BCUT2D eigenvalue weighted by atomic mass is 14.3. The average molecular weight is 214 g/mol. The van der Waals surface area contributed by atoms with Crippen molar-refractivity contribution in [2.75, 3.05) is 0 Å². The molecular formula is C16H22. The van der Waals surface area contributed by atoms with Crippen molar-refractivity contribution in [1.29, 1.82) is 0 Å². The van der Waals surface area contributed by atoms with Gasteiger partial charge in [0, 0.05) is 5.92 Å². The minimum absolute atomic E-state index is 0.676. The molecule has 0 saturated heterocycles. The molecule has 0 bridgehead atoms. The van der Waals surface area contributed by atoms with Gasteiger partial charge in [0.25, 0.3) is 0 Å². The van der Waals surface area contributed by atoms with E-state index in [1.165, 1.54) is 25.7 Å². The van der Waals surface area contributed by atoms with E-state index in [0.29, 0.717) is 5.92 Å². The maximum Gasteiger partial charge on any atom is 0.00513 e. The van der Waals surface area contributed by atoms with Gasteiger partial charge in [-0.05, 0) is 36.8 Å². The molecule has 0 aromatic rings. The second kappa shape index (κ2) is 5.34. The van der Waals surface area contributed by atoms with Crippen molar-refractivity contribution in [3.8, 4) is 0 Å². The Labute approximate surface area is 99.4 Å². The number of allylic oxidation sites excluding steroid dienone is 8. The highest BCUT2D eigenvalue weighted by Crippen LogP contribution is 2.36. The van der Waals surface area contributed by atoms with Gasteiger partial charge in [0.1, 0.15) is 0 Å². The first-order chi connectivity index (χ1) is 7.86. The first-order valence-corrected chi connectivity index (χ1v) is 6.61. The van der Waals surface area contributed by atoms with Gasteiger partial charge in [-0.2, -0.15) is 0 Å². The maximum atomic E-state index is 2.39. The van der Waals surface area contributed by atoms with E-state index in [2.05, 4.69) is 44.2 Å². The summed E-state index contributed by atoms with van der Waals surface area (Å²) >= 11 is 0. The summed E-state index contributed by atoms with van der Waals surface area (Å²) in [4.78, 5) is 0. The molecule has 0 N–H and O–H groups in total. The molecule has 0 aliphatic heterocycles. The topological polar surface area (TPSA) is 0 Å². The van der Waals surface area contributed by atoms with Crippen molar-refractivity contribution < 1.29 is 0 Å². The molecule has 0 heterocycles. The minimum Gasteiger partial charge on any atom is -0.0804 e. The van der Waals surface area contributed by atoms with Crippen LogP contribution in [0.4, 0.5) is 0 Å². The smallest absolute Gasteiger partial charge is 0.00513 e. The van der Waals surface area contributed by atoms with Crippen LogP contribution in [0.2, 0.25) is 0 Å². The van der Waals surface area contributed by atoms with Crippen molar-refractivity contribution in [3.63, 3.8) is 0 Å². The molecule has 0 radical (unpaired) electrons. The van der Waals surface area contributed by atoms with Crippen LogP contribution < -0.4 is 0 Å². The van der Waals surface area contributed by atoms with Crippen LogP contribution in [-0.4, -0.2) is 0 Å². The van der Waals surface area contributed by atoms with E-state index in [4.69, 9.17) is 0 Å². The highest BCUT2D eigenvalue weighted by molar-refractivity contribution is 5.42. The van der Waals surface area contributed by atoms with Gasteiger partial charge in [-0.1, -0.05) is 56.2 Å². The summed E-state index contributed by atoms with van der Waals surface area (Å²) < 4.78 is 0. The fraction of sp³-hybridized carbons (Fsp3) is 0.500.